The van der Waals surface area contributed by atoms with E-state index in [1.54, 1.807) is 0 Å². The lowest BCUT2D eigenvalue weighted by Gasteiger charge is -2.34. The van der Waals surface area contributed by atoms with Gasteiger partial charge in [-0.05, 0) is 67.7 Å². The van der Waals surface area contributed by atoms with Gasteiger partial charge >= 0.3 is 0 Å². The molecule has 0 spiro atoms. The fourth-order valence-electron chi connectivity index (χ4n) is 6.17. The maximum Gasteiger partial charge on any atom is 0.257 e. The molecule has 2 aliphatic carbocycles. The van der Waals surface area contributed by atoms with E-state index in [0.717, 1.165) is 44.3 Å². The maximum absolute atomic E-state index is 13.5. The molecule has 1 amide bonds. The fourth-order valence-corrected chi connectivity index (χ4v) is 6.17. The van der Waals surface area contributed by atoms with Gasteiger partial charge in [-0.1, -0.05) is 61.4 Å². The average molecular weight is 433 g/mol. The Morgan fingerprint density at radius 3 is 2.31 bits per heavy atom. The molecule has 1 heterocycles. The van der Waals surface area contributed by atoms with Crippen LogP contribution in [0.4, 0.5) is 0 Å². The van der Waals surface area contributed by atoms with Crippen LogP contribution in [0, 0.1) is 31.6 Å². The number of hydrogen-bond acceptors (Lipinski definition) is 3. The molecular weight excluding hydrogens is 396 g/mol. The monoisotopic (exact) mass is 432 g/mol. The van der Waals surface area contributed by atoms with Gasteiger partial charge in [0.1, 0.15) is 0 Å². The van der Waals surface area contributed by atoms with E-state index < -0.39 is 5.60 Å². The summed E-state index contributed by atoms with van der Waals surface area (Å²) in [6.45, 7) is 8.64. The molecule has 1 saturated heterocycles. The second kappa shape index (κ2) is 8.31. The van der Waals surface area contributed by atoms with Crippen LogP contribution < -0.4 is 5.32 Å². The first-order valence-corrected chi connectivity index (χ1v) is 12.3. The smallest absolute Gasteiger partial charge is 0.257 e. The Balaban J connectivity index is 1.24. The second-order valence-corrected chi connectivity index (χ2v) is 10.4. The zero-order valence-electron chi connectivity index (χ0n) is 19.6. The minimum Gasteiger partial charge on any atom is -0.375 e. The maximum atomic E-state index is 13.5. The van der Waals surface area contributed by atoms with Crippen molar-refractivity contribution in [3.63, 3.8) is 0 Å². The fraction of sp³-hybridized carbons (Fsp3) is 0.536. The highest BCUT2D eigenvalue weighted by Crippen LogP contribution is 2.49. The van der Waals surface area contributed by atoms with Crippen LogP contribution in [0.15, 0.2) is 48.5 Å². The Bertz CT molecular complexity index is 972. The van der Waals surface area contributed by atoms with Crippen molar-refractivity contribution in [2.75, 3.05) is 13.1 Å². The first-order valence-electron chi connectivity index (χ1n) is 12.3. The SMILES string of the molecule is Cc1ccc(C(C)N2CC3C(C2)C3NC(=O)C(O)(c2ccccc2)C2CCCC2)cc1C. The van der Waals surface area contributed by atoms with Crippen LogP contribution in [-0.4, -0.2) is 35.0 Å². The number of carbonyl (C=O) groups is 1. The molecule has 2 aromatic carbocycles. The number of amides is 1. The molecule has 3 fully saturated rings. The molecule has 170 valence electrons. The first kappa shape index (κ1) is 21.7. The third-order valence-electron chi connectivity index (χ3n) is 8.59. The Morgan fingerprint density at radius 1 is 1.03 bits per heavy atom. The minimum absolute atomic E-state index is 0.00443. The first-order chi connectivity index (χ1) is 15.4. The number of carbonyl (C=O) groups excluding carboxylic acids is 1. The lowest BCUT2D eigenvalue weighted by atomic mass is 9.79. The summed E-state index contributed by atoms with van der Waals surface area (Å²) in [6.07, 6.45) is 4.01. The van der Waals surface area contributed by atoms with Crippen LogP contribution in [0.2, 0.25) is 0 Å². The number of nitrogens with zero attached hydrogens (tertiary/aromatic N) is 1. The largest absolute Gasteiger partial charge is 0.375 e. The quantitative estimate of drug-likeness (QED) is 0.707. The Kier molecular flexibility index (Phi) is 5.63. The molecule has 4 heteroatoms. The third kappa shape index (κ3) is 3.68. The summed E-state index contributed by atoms with van der Waals surface area (Å²) in [5.74, 6) is 0.807. The van der Waals surface area contributed by atoms with E-state index >= 15 is 0 Å². The van der Waals surface area contributed by atoms with Crippen molar-refractivity contribution in [3.05, 3.63) is 70.8 Å². The van der Waals surface area contributed by atoms with Gasteiger partial charge in [-0.25, -0.2) is 0 Å². The minimum atomic E-state index is -1.42. The van der Waals surface area contributed by atoms with E-state index in [1.807, 2.05) is 30.3 Å². The molecule has 5 rings (SSSR count). The number of hydrogen-bond donors (Lipinski definition) is 2. The van der Waals surface area contributed by atoms with Gasteiger partial charge in [0.05, 0.1) is 0 Å². The van der Waals surface area contributed by atoms with Crippen molar-refractivity contribution in [2.45, 2.75) is 64.1 Å². The number of rotatable bonds is 6. The molecule has 2 saturated carbocycles. The summed E-state index contributed by atoms with van der Waals surface area (Å²) in [7, 11) is 0. The zero-order valence-corrected chi connectivity index (χ0v) is 19.6. The topological polar surface area (TPSA) is 52.6 Å². The van der Waals surface area contributed by atoms with Gasteiger partial charge in [-0.3, -0.25) is 9.69 Å². The summed E-state index contributed by atoms with van der Waals surface area (Å²) in [5, 5.41) is 15.0. The van der Waals surface area contributed by atoms with Crippen LogP contribution >= 0.6 is 0 Å². The zero-order chi connectivity index (χ0) is 22.5. The van der Waals surface area contributed by atoms with Crippen molar-refractivity contribution < 1.29 is 9.90 Å². The van der Waals surface area contributed by atoms with Crippen LogP contribution in [0.3, 0.4) is 0 Å². The van der Waals surface area contributed by atoms with Crippen LogP contribution in [0.5, 0.6) is 0 Å². The van der Waals surface area contributed by atoms with Crippen molar-refractivity contribution >= 4 is 5.91 Å². The predicted molar refractivity (Wildman–Crippen MR) is 127 cm³/mol. The van der Waals surface area contributed by atoms with Crippen molar-refractivity contribution in [1.82, 2.24) is 10.2 Å². The molecule has 2 N–H and O–H groups in total. The molecule has 4 unspecified atom stereocenters. The van der Waals surface area contributed by atoms with Gasteiger partial charge in [-0.2, -0.15) is 0 Å². The van der Waals surface area contributed by atoms with Crippen LogP contribution in [0.25, 0.3) is 0 Å². The van der Waals surface area contributed by atoms with Gasteiger partial charge < -0.3 is 10.4 Å². The van der Waals surface area contributed by atoms with Crippen molar-refractivity contribution in [2.24, 2.45) is 17.8 Å². The number of piperidine rings is 1. The number of benzene rings is 2. The standard InChI is InChI=1S/C28H36N2O2/c1-18-13-14-21(15-19(18)2)20(3)30-16-24-25(17-30)26(24)29-27(31)28(32,23-11-7-8-12-23)22-9-5-4-6-10-22/h4-6,9-10,13-15,20,23-26,32H,7-8,11-12,16-17H2,1-3H3,(H,29,31). The summed E-state index contributed by atoms with van der Waals surface area (Å²) < 4.78 is 0. The summed E-state index contributed by atoms with van der Waals surface area (Å²) in [4.78, 5) is 16.0. The normalized spacial score (nSPS) is 28.2. The summed E-state index contributed by atoms with van der Waals surface area (Å²) in [6, 6.07) is 16.9. The van der Waals surface area contributed by atoms with Gasteiger partial charge in [0.25, 0.3) is 5.91 Å². The molecule has 1 aliphatic heterocycles. The van der Waals surface area contributed by atoms with E-state index in [1.165, 1.54) is 16.7 Å². The van der Waals surface area contributed by atoms with E-state index in [4.69, 9.17) is 0 Å². The molecule has 0 bridgehead atoms. The van der Waals surface area contributed by atoms with Gasteiger partial charge in [0.2, 0.25) is 0 Å². The molecule has 3 aliphatic rings. The van der Waals surface area contributed by atoms with Crippen LogP contribution in [-0.2, 0) is 10.4 Å². The van der Waals surface area contributed by atoms with Gasteiger partial charge in [-0.15, -0.1) is 0 Å². The van der Waals surface area contributed by atoms with Gasteiger partial charge in [0, 0.05) is 31.1 Å². The Hall–Kier alpha value is -2.17. The summed E-state index contributed by atoms with van der Waals surface area (Å²) in [5.41, 5.74) is 3.37. The second-order valence-electron chi connectivity index (χ2n) is 10.4. The van der Waals surface area contributed by atoms with E-state index in [9.17, 15) is 9.90 Å². The van der Waals surface area contributed by atoms with Crippen molar-refractivity contribution in [1.29, 1.82) is 0 Å². The lowest BCUT2D eigenvalue weighted by molar-refractivity contribution is -0.147. The molecule has 32 heavy (non-hydrogen) atoms. The number of likely N-dealkylation sites (tertiary alicyclic amines) is 1. The number of aliphatic hydroxyl groups is 1. The van der Waals surface area contributed by atoms with Crippen LogP contribution in [0.1, 0.15) is 60.9 Å². The highest BCUT2D eigenvalue weighted by molar-refractivity contribution is 5.87. The van der Waals surface area contributed by atoms with Crippen molar-refractivity contribution in [3.8, 4) is 0 Å². The van der Waals surface area contributed by atoms with E-state index in [0.29, 0.717) is 17.9 Å². The van der Waals surface area contributed by atoms with E-state index in [-0.39, 0.29) is 17.9 Å². The molecule has 4 nitrogen and oxygen atoms in total. The Labute approximate surface area is 192 Å². The number of fused-ring (bicyclic) bond motifs is 1. The average Bonchev–Trinajstić information content (AvgIpc) is 3.23. The molecule has 2 aromatic rings. The summed E-state index contributed by atoms with van der Waals surface area (Å²) >= 11 is 0. The third-order valence-corrected chi connectivity index (χ3v) is 8.59. The highest BCUT2D eigenvalue weighted by atomic mass is 16.3. The molecule has 4 atom stereocenters. The molecule has 0 aromatic heterocycles. The number of aryl methyl sites for hydroxylation is 2. The van der Waals surface area contributed by atoms with Gasteiger partial charge in [0.15, 0.2) is 5.60 Å². The van der Waals surface area contributed by atoms with E-state index in [2.05, 4.69) is 49.2 Å². The molecule has 0 radical (unpaired) electrons. The predicted octanol–water partition coefficient (Wildman–Crippen LogP) is 4.49. The molecular formula is C28H36N2O2. The number of nitrogens with one attached hydrogen (secondary N) is 1. The Morgan fingerprint density at radius 2 is 1.69 bits per heavy atom. The highest BCUT2D eigenvalue weighted by Gasteiger charge is 2.59. The lowest BCUT2D eigenvalue weighted by Crippen LogP contribution is -2.51.